The number of nitrogens with two attached hydrogens (primary N) is 1. The Kier molecular flexibility index (Phi) is 2.55. The van der Waals surface area contributed by atoms with Gasteiger partial charge in [-0.05, 0) is 12.1 Å². The van der Waals surface area contributed by atoms with Gasteiger partial charge in [0, 0.05) is 11.0 Å². The highest BCUT2D eigenvalue weighted by Gasteiger charge is 2.06. The maximum atomic E-state index is 6.01. The van der Waals surface area contributed by atoms with Crippen LogP contribution in [-0.2, 0) is 6.54 Å². The van der Waals surface area contributed by atoms with Crippen LogP contribution in [0.4, 0.5) is 0 Å². The first-order valence-electron chi connectivity index (χ1n) is 3.65. The number of benzene rings is 1. The highest BCUT2D eigenvalue weighted by Crippen LogP contribution is 2.31. The molecule has 2 aromatic rings. The second kappa shape index (κ2) is 3.53. The molecule has 0 aliphatic heterocycles. The molecule has 2 nitrogen and oxygen atoms in total. The molecule has 0 spiro atoms. The van der Waals surface area contributed by atoms with E-state index in [0.29, 0.717) is 11.6 Å². The third-order valence-electron chi connectivity index (χ3n) is 1.63. The summed E-state index contributed by atoms with van der Waals surface area (Å²) in [6.07, 6.45) is 0. The first-order valence-corrected chi connectivity index (χ1v) is 5.64. The molecule has 2 rings (SSSR count). The molecular formula is C8H6BrClN2S. The van der Waals surface area contributed by atoms with E-state index in [1.807, 2.05) is 12.1 Å². The molecule has 2 N–H and O–H groups in total. The molecule has 0 unspecified atom stereocenters. The first kappa shape index (κ1) is 9.40. The van der Waals surface area contributed by atoms with Crippen LogP contribution in [0.3, 0.4) is 0 Å². The summed E-state index contributed by atoms with van der Waals surface area (Å²) >= 11 is 11.0. The first-order chi connectivity index (χ1) is 6.20. The van der Waals surface area contributed by atoms with E-state index in [1.165, 1.54) is 0 Å². The Balaban J connectivity index is 2.75. The minimum Gasteiger partial charge on any atom is -0.325 e. The molecule has 0 aliphatic carbocycles. The van der Waals surface area contributed by atoms with E-state index >= 15 is 0 Å². The van der Waals surface area contributed by atoms with Gasteiger partial charge in [0.05, 0.1) is 9.72 Å². The van der Waals surface area contributed by atoms with Crippen LogP contribution >= 0.6 is 38.9 Å². The average molecular weight is 278 g/mol. The summed E-state index contributed by atoms with van der Waals surface area (Å²) in [5.74, 6) is 0. The van der Waals surface area contributed by atoms with E-state index in [-0.39, 0.29) is 0 Å². The van der Waals surface area contributed by atoms with Gasteiger partial charge in [-0.2, -0.15) is 0 Å². The monoisotopic (exact) mass is 276 g/mol. The number of nitrogens with zero attached hydrogens (tertiary/aromatic N) is 1. The van der Waals surface area contributed by atoms with Crippen LogP contribution in [0.1, 0.15) is 5.01 Å². The van der Waals surface area contributed by atoms with Crippen molar-refractivity contribution in [3.05, 3.63) is 26.6 Å². The SMILES string of the molecule is NCc1nc2c(Cl)cc(Br)cc2s1. The van der Waals surface area contributed by atoms with Gasteiger partial charge in [-0.15, -0.1) is 11.3 Å². The molecule has 0 saturated carbocycles. The van der Waals surface area contributed by atoms with Gasteiger partial charge in [0.15, 0.2) is 0 Å². The van der Waals surface area contributed by atoms with Gasteiger partial charge in [-0.25, -0.2) is 4.98 Å². The summed E-state index contributed by atoms with van der Waals surface area (Å²) in [5, 5.41) is 1.58. The normalized spacial score (nSPS) is 11.0. The van der Waals surface area contributed by atoms with E-state index < -0.39 is 0 Å². The molecule has 1 aromatic heterocycles. The summed E-state index contributed by atoms with van der Waals surface area (Å²) in [6, 6.07) is 3.84. The number of hydrogen-bond acceptors (Lipinski definition) is 3. The molecule has 0 amide bonds. The number of fused-ring (bicyclic) bond motifs is 1. The maximum absolute atomic E-state index is 6.01. The van der Waals surface area contributed by atoms with E-state index in [1.54, 1.807) is 11.3 Å². The standard InChI is InChI=1S/C8H6BrClN2S/c9-4-1-5(10)8-6(2-4)13-7(3-11)12-8/h1-2H,3,11H2. The Labute approximate surface area is 92.8 Å². The third kappa shape index (κ3) is 1.72. The zero-order valence-corrected chi connectivity index (χ0v) is 9.71. The predicted octanol–water partition coefficient (Wildman–Crippen LogP) is 3.17. The van der Waals surface area contributed by atoms with Crippen molar-refractivity contribution in [1.82, 2.24) is 4.98 Å². The van der Waals surface area contributed by atoms with E-state index in [2.05, 4.69) is 20.9 Å². The second-order valence-electron chi connectivity index (χ2n) is 2.55. The largest absolute Gasteiger partial charge is 0.325 e. The minimum absolute atomic E-state index is 0.466. The van der Waals surface area contributed by atoms with Crippen LogP contribution in [0, 0.1) is 0 Å². The summed E-state index contributed by atoms with van der Waals surface area (Å²) in [4.78, 5) is 4.31. The molecule has 0 atom stereocenters. The molecule has 0 fully saturated rings. The van der Waals surface area contributed by atoms with Gasteiger partial charge in [0.2, 0.25) is 0 Å². The second-order valence-corrected chi connectivity index (χ2v) is 4.98. The quantitative estimate of drug-likeness (QED) is 0.869. The summed E-state index contributed by atoms with van der Waals surface area (Å²) in [7, 11) is 0. The van der Waals surface area contributed by atoms with E-state index in [0.717, 1.165) is 19.7 Å². The van der Waals surface area contributed by atoms with Crippen molar-refractivity contribution in [2.45, 2.75) is 6.54 Å². The zero-order chi connectivity index (χ0) is 9.42. The highest BCUT2D eigenvalue weighted by molar-refractivity contribution is 9.10. The van der Waals surface area contributed by atoms with Gasteiger partial charge in [-0.3, -0.25) is 0 Å². The van der Waals surface area contributed by atoms with Crippen molar-refractivity contribution < 1.29 is 0 Å². The van der Waals surface area contributed by atoms with Crippen LogP contribution in [-0.4, -0.2) is 4.98 Å². The average Bonchev–Trinajstić information content (AvgIpc) is 2.47. The molecule has 0 radical (unpaired) electrons. The van der Waals surface area contributed by atoms with Gasteiger partial charge < -0.3 is 5.73 Å². The smallest absolute Gasteiger partial charge is 0.107 e. The highest BCUT2D eigenvalue weighted by atomic mass is 79.9. The van der Waals surface area contributed by atoms with Crippen LogP contribution < -0.4 is 5.73 Å². The Morgan fingerprint density at radius 2 is 2.31 bits per heavy atom. The number of rotatable bonds is 1. The lowest BCUT2D eigenvalue weighted by Gasteiger charge is -1.92. The van der Waals surface area contributed by atoms with Gasteiger partial charge in [-0.1, -0.05) is 27.5 Å². The Bertz CT molecular complexity index is 455. The van der Waals surface area contributed by atoms with Gasteiger partial charge in [0.25, 0.3) is 0 Å². The maximum Gasteiger partial charge on any atom is 0.107 e. The van der Waals surface area contributed by atoms with Crippen molar-refractivity contribution in [2.75, 3.05) is 0 Å². The number of halogens is 2. The Morgan fingerprint density at radius 3 is 3.00 bits per heavy atom. The molecular weight excluding hydrogens is 272 g/mol. The molecule has 0 bridgehead atoms. The van der Waals surface area contributed by atoms with Crippen molar-refractivity contribution in [2.24, 2.45) is 5.73 Å². The number of thiazole rings is 1. The number of hydrogen-bond donors (Lipinski definition) is 1. The Hall–Kier alpha value is -0.160. The van der Waals surface area contributed by atoms with Gasteiger partial charge >= 0.3 is 0 Å². The molecule has 1 aromatic carbocycles. The lowest BCUT2D eigenvalue weighted by molar-refractivity contribution is 1.05. The predicted molar refractivity (Wildman–Crippen MR) is 60.2 cm³/mol. The van der Waals surface area contributed by atoms with Crippen LogP contribution in [0.25, 0.3) is 10.2 Å². The van der Waals surface area contributed by atoms with Crippen molar-refractivity contribution >= 4 is 49.1 Å². The zero-order valence-electron chi connectivity index (χ0n) is 6.55. The summed E-state index contributed by atoms with van der Waals surface area (Å²) < 4.78 is 2.04. The summed E-state index contributed by atoms with van der Waals surface area (Å²) in [6.45, 7) is 0.466. The van der Waals surface area contributed by atoms with E-state index in [4.69, 9.17) is 17.3 Å². The third-order valence-corrected chi connectivity index (χ3v) is 3.40. The van der Waals surface area contributed by atoms with Crippen molar-refractivity contribution in [3.8, 4) is 0 Å². The molecule has 5 heteroatoms. The lowest BCUT2D eigenvalue weighted by Crippen LogP contribution is -1.93. The minimum atomic E-state index is 0.466. The van der Waals surface area contributed by atoms with Crippen LogP contribution in [0.2, 0.25) is 5.02 Å². The molecule has 0 aliphatic rings. The topological polar surface area (TPSA) is 38.9 Å². The fraction of sp³-hybridized carbons (Fsp3) is 0.125. The van der Waals surface area contributed by atoms with Crippen LogP contribution in [0.5, 0.6) is 0 Å². The lowest BCUT2D eigenvalue weighted by atomic mass is 10.3. The van der Waals surface area contributed by atoms with E-state index in [9.17, 15) is 0 Å². The number of aromatic nitrogens is 1. The summed E-state index contributed by atoms with van der Waals surface area (Å²) in [5.41, 5.74) is 6.34. The van der Waals surface area contributed by atoms with Crippen LogP contribution in [0.15, 0.2) is 16.6 Å². The van der Waals surface area contributed by atoms with Crippen molar-refractivity contribution in [3.63, 3.8) is 0 Å². The fourth-order valence-corrected chi connectivity index (χ4v) is 3.06. The Morgan fingerprint density at radius 1 is 1.54 bits per heavy atom. The van der Waals surface area contributed by atoms with Gasteiger partial charge in [0.1, 0.15) is 10.5 Å². The molecule has 68 valence electrons. The fourth-order valence-electron chi connectivity index (χ4n) is 1.09. The van der Waals surface area contributed by atoms with Crippen molar-refractivity contribution in [1.29, 1.82) is 0 Å². The molecule has 13 heavy (non-hydrogen) atoms. The molecule has 0 saturated heterocycles. The molecule has 1 heterocycles.